The highest BCUT2D eigenvalue weighted by atomic mass is 32.2. The van der Waals surface area contributed by atoms with Crippen LogP contribution in [0.5, 0.6) is 0 Å². The third kappa shape index (κ3) is 3.77. The van der Waals surface area contributed by atoms with Gasteiger partial charge < -0.3 is 4.90 Å². The van der Waals surface area contributed by atoms with Crippen molar-refractivity contribution in [2.24, 2.45) is 11.8 Å². The molecule has 1 amide bonds. The normalized spacial score (nSPS) is 24.1. The quantitative estimate of drug-likeness (QED) is 0.779. The summed E-state index contributed by atoms with van der Waals surface area (Å²) in [5.41, 5.74) is 2.70. The van der Waals surface area contributed by atoms with Crippen LogP contribution in [0.3, 0.4) is 0 Å². The lowest BCUT2D eigenvalue weighted by Gasteiger charge is -2.31. The van der Waals surface area contributed by atoms with E-state index in [1.807, 2.05) is 17.0 Å². The highest BCUT2D eigenvalue weighted by molar-refractivity contribution is 7.89. The van der Waals surface area contributed by atoms with E-state index in [9.17, 15) is 13.2 Å². The topological polar surface area (TPSA) is 57.7 Å². The SMILES string of the molecule is CC1CCN(S(=O)(=O)c2ccc3c(c2)C=C(C(=O)N2CCCC(C)C2)C3)CC1. The van der Waals surface area contributed by atoms with Gasteiger partial charge in [0.1, 0.15) is 0 Å². The second-order valence-electron chi connectivity index (χ2n) is 8.79. The average Bonchev–Trinajstić information content (AvgIpc) is 3.11. The van der Waals surface area contributed by atoms with Crippen molar-refractivity contribution < 1.29 is 13.2 Å². The zero-order valence-corrected chi connectivity index (χ0v) is 17.7. The Balaban J connectivity index is 1.53. The zero-order chi connectivity index (χ0) is 19.9. The summed E-state index contributed by atoms with van der Waals surface area (Å²) in [4.78, 5) is 15.2. The van der Waals surface area contributed by atoms with Gasteiger partial charge in [-0.25, -0.2) is 8.42 Å². The van der Waals surface area contributed by atoms with E-state index < -0.39 is 10.0 Å². The highest BCUT2D eigenvalue weighted by Gasteiger charge is 2.30. The monoisotopic (exact) mass is 402 g/mol. The first-order valence-electron chi connectivity index (χ1n) is 10.5. The molecule has 1 aromatic carbocycles. The van der Waals surface area contributed by atoms with E-state index in [4.69, 9.17) is 0 Å². The van der Waals surface area contributed by atoms with E-state index >= 15 is 0 Å². The van der Waals surface area contributed by atoms with E-state index in [0.717, 1.165) is 49.1 Å². The highest BCUT2D eigenvalue weighted by Crippen LogP contribution is 2.31. The van der Waals surface area contributed by atoms with E-state index in [-0.39, 0.29) is 5.91 Å². The summed E-state index contributed by atoms with van der Waals surface area (Å²) in [7, 11) is -3.46. The fourth-order valence-corrected chi connectivity index (χ4v) is 6.07. The summed E-state index contributed by atoms with van der Waals surface area (Å²) in [6.07, 6.45) is 6.56. The van der Waals surface area contributed by atoms with Crippen LogP contribution in [0.2, 0.25) is 0 Å². The molecular weight excluding hydrogens is 372 g/mol. The number of carbonyl (C=O) groups excluding carboxylic acids is 1. The van der Waals surface area contributed by atoms with Crippen LogP contribution in [-0.4, -0.2) is 49.7 Å². The molecule has 4 rings (SSSR count). The van der Waals surface area contributed by atoms with Crippen molar-refractivity contribution in [3.63, 3.8) is 0 Å². The van der Waals surface area contributed by atoms with Crippen LogP contribution in [0, 0.1) is 11.8 Å². The molecule has 1 aliphatic carbocycles. The van der Waals surface area contributed by atoms with Crippen LogP contribution >= 0.6 is 0 Å². The Morgan fingerprint density at radius 3 is 2.50 bits per heavy atom. The van der Waals surface area contributed by atoms with E-state index in [2.05, 4.69) is 13.8 Å². The first kappa shape index (κ1) is 19.6. The van der Waals surface area contributed by atoms with Crippen molar-refractivity contribution in [2.45, 2.75) is 50.8 Å². The van der Waals surface area contributed by atoms with E-state index in [1.54, 1.807) is 16.4 Å². The molecule has 2 heterocycles. The van der Waals surface area contributed by atoms with Crippen molar-refractivity contribution >= 4 is 22.0 Å². The Bertz CT molecular complexity index is 898. The summed E-state index contributed by atoms with van der Waals surface area (Å²) in [5, 5.41) is 0. The summed E-state index contributed by atoms with van der Waals surface area (Å²) < 4.78 is 27.7. The minimum atomic E-state index is -3.46. The fraction of sp³-hybridized carbons (Fsp3) is 0.591. The lowest BCUT2D eigenvalue weighted by Crippen LogP contribution is -2.39. The molecule has 5 nitrogen and oxygen atoms in total. The van der Waals surface area contributed by atoms with Crippen LogP contribution in [0.4, 0.5) is 0 Å². The van der Waals surface area contributed by atoms with Crippen LogP contribution < -0.4 is 0 Å². The molecule has 0 bridgehead atoms. The van der Waals surface area contributed by atoms with Crippen LogP contribution in [0.1, 0.15) is 50.7 Å². The van der Waals surface area contributed by atoms with Gasteiger partial charge >= 0.3 is 0 Å². The van der Waals surface area contributed by atoms with Crippen molar-refractivity contribution in [1.82, 2.24) is 9.21 Å². The van der Waals surface area contributed by atoms with Crippen molar-refractivity contribution in [2.75, 3.05) is 26.2 Å². The predicted octanol–water partition coefficient (Wildman–Crippen LogP) is 3.31. The molecule has 1 atom stereocenters. The molecule has 0 saturated carbocycles. The van der Waals surface area contributed by atoms with Crippen LogP contribution in [-0.2, 0) is 21.2 Å². The maximum absolute atomic E-state index is 13.0. The van der Waals surface area contributed by atoms with Gasteiger partial charge in [0.05, 0.1) is 4.90 Å². The Morgan fingerprint density at radius 1 is 1.04 bits per heavy atom. The third-order valence-electron chi connectivity index (χ3n) is 6.43. The smallest absolute Gasteiger partial charge is 0.250 e. The van der Waals surface area contributed by atoms with Gasteiger partial charge in [0, 0.05) is 38.2 Å². The lowest BCUT2D eigenvalue weighted by molar-refractivity contribution is -0.128. The Hall–Kier alpha value is -1.66. The van der Waals surface area contributed by atoms with Gasteiger partial charge in [0.15, 0.2) is 0 Å². The molecule has 2 fully saturated rings. The molecule has 1 aromatic rings. The minimum absolute atomic E-state index is 0.108. The van der Waals surface area contributed by atoms with E-state index in [1.165, 1.54) is 6.42 Å². The zero-order valence-electron chi connectivity index (χ0n) is 16.9. The number of carbonyl (C=O) groups is 1. The van der Waals surface area contributed by atoms with Gasteiger partial charge in [0.2, 0.25) is 15.9 Å². The molecule has 0 spiro atoms. The number of nitrogens with zero attached hydrogens (tertiary/aromatic N) is 2. The maximum atomic E-state index is 13.0. The molecule has 0 aromatic heterocycles. The number of fused-ring (bicyclic) bond motifs is 1. The fourth-order valence-electron chi connectivity index (χ4n) is 4.56. The molecule has 28 heavy (non-hydrogen) atoms. The molecule has 1 unspecified atom stereocenters. The number of hydrogen-bond acceptors (Lipinski definition) is 3. The van der Waals surface area contributed by atoms with Gasteiger partial charge in [-0.1, -0.05) is 19.9 Å². The number of amides is 1. The van der Waals surface area contributed by atoms with Gasteiger partial charge in [-0.15, -0.1) is 0 Å². The molecule has 2 saturated heterocycles. The van der Waals surface area contributed by atoms with Crippen molar-refractivity contribution in [3.8, 4) is 0 Å². The van der Waals surface area contributed by atoms with Crippen LogP contribution in [0.15, 0.2) is 28.7 Å². The van der Waals surface area contributed by atoms with Crippen molar-refractivity contribution in [1.29, 1.82) is 0 Å². The number of likely N-dealkylation sites (tertiary alicyclic amines) is 1. The van der Waals surface area contributed by atoms with Crippen LogP contribution in [0.25, 0.3) is 6.08 Å². The third-order valence-corrected chi connectivity index (χ3v) is 8.32. The Morgan fingerprint density at radius 2 is 1.79 bits per heavy atom. The number of piperidine rings is 2. The predicted molar refractivity (Wildman–Crippen MR) is 110 cm³/mol. The molecule has 0 N–H and O–H groups in total. The number of benzene rings is 1. The second kappa shape index (κ2) is 7.64. The average molecular weight is 403 g/mol. The first-order valence-corrected chi connectivity index (χ1v) is 11.9. The molecule has 0 radical (unpaired) electrons. The van der Waals surface area contributed by atoms with Gasteiger partial charge in [-0.05, 0) is 66.9 Å². The molecular formula is C22H30N2O3S. The first-order chi connectivity index (χ1) is 13.3. The van der Waals surface area contributed by atoms with Gasteiger partial charge in [-0.2, -0.15) is 4.31 Å². The minimum Gasteiger partial charge on any atom is -0.339 e. The van der Waals surface area contributed by atoms with Crippen molar-refractivity contribution in [3.05, 3.63) is 34.9 Å². The molecule has 2 aliphatic heterocycles. The summed E-state index contributed by atoms with van der Waals surface area (Å²) in [5.74, 6) is 1.24. The Kier molecular flexibility index (Phi) is 5.36. The molecule has 152 valence electrons. The van der Waals surface area contributed by atoms with E-state index in [0.29, 0.717) is 36.2 Å². The summed E-state index contributed by atoms with van der Waals surface area (Å²) in [6, 6.07) is 5.34. The number of hydrogen-bond donors (Lipinski definition) is 0. The lowest BCUT2D eigenvalue weighted by atomic mass is 9.99. The number of sulfonamides is 1. The standard InChI is InChI=1S/C22H30N2O3S/c1-16-7-10-24(11-8-16)28(26,27)21-6-5-18-12-20(13-19(18)14-21)22(25)23-9-3-4-17(2)15-23/h5-6,13-14,16-17H,3-4,7-12,15H2,1-2H3. The molecule has 3 aliphatic rings. The van der Waals surface area contributed by atoms with Gasteiger partial charge in [0.25, 0.3) is 0 Å². The Labute approximate surface area is 168 Å². The molecule has 6 heteroatoms. The maximum Gasteiger partial charge on any atom is 0.250 e. The second-order valence-corrected chi connectivity index (χ2v) is 10.7. The van der Waals surface area contributed by atoms with Gasteiger partial charge in [-0.3, -0.25) is 4.79 Å². The summed E-state index contributed by atoms with van der Waals surface area (Å²) >= 11 is 0. The number of rotatable bonds is 3. The largest absolute Gasteiger partial charge is 0.339 e. The summed E-state index contributed by atoms with van der Waals surface area (Å²) in [6.45, 7) is 7.19.